The zero-order valence-corrected chi connectivity index (χ0v) is 24.8. The van der Waals surface area contributed by atoms with Crippen LogP contribution in [0.15, 0.2) is 78.9 Å². The number of benzene rings is 3. The van der Waals surface area contributed by atoms with E-state index >= 15 is 0 Å². The lowest BCUT2D eigenvalue weighted by Crippen LogP contribution is -2.59. The van der Waals surface area contributed by atoms with Crippen molar-refractivity contribution in [2.24, 2.45) is 0 Å². The summed E-state index contributed by atoms with van der Waals surface area (Å²) in [5, 5.41) is 12.4. The summed E-state index contributed by atoms with van der Waals surface area (Å²) in [7, 11) is 0. The second-order valence-electron chi connectivity index (χ2n) is 11.5. The molecule has 2 heterocycles. The van der Waals surface area contributed by atoms with Gasteiger partial charge >= 0.3 is 6.03 Å². The molecule has 9 heteroatoms. The van der Waals surface area contributed by atoms with E-state index in [4.69, 9.17) is 4.74 Å². The molecule has 2 unspecified atom stereocenters. The third-order valence-corrected chi connectivity index (χ3v) is 8.11. The van der Waals surface area contributed by atoms with Crippen LogP contribution in [-0.2, 0) is 11.3 Å². The van der Waals surface area contributed by atoms with Crippen molar-refractivity contribution < 1.29 is 19.1 Å². The number of urea groups is 1. The number of carbonyl (C=O) groups is 3. The molecule has 4 amide bonds. The molecular weight excluding hydrogens is 542 g/mol. The van der Waals surface area contributed by atoms with Gasteiger partial charge in [-0.05, 0) is 81.6 Å². The SMILES string of the molecule is CC(C)Oc1cccc(CN2CCC3(CC2C)C(=O)N(CCNC(=O)c2ccccc2)C(=O)N3c2cccc(C#N)c2)c1. The lowest BCUT2D eigenvalue weighted by atomic mass is 9.81. The number of ether oxygens (including phenoxy) is 1. The van der Waals surface area contributed by atoms with Gasteiger partial charge in [-0.1, -0.05) is 36.4 Å². The highest BCUT2D eigenvalue weighted by atomic mass is 16.5. The van der Waals surface area contributed by atoms with Gasteiger partial charge in [-0.2, -0.15) is 5.26 Å². The average Bonchev–Trinajstić information content (AvgIpc) is 3.19. The minimum Gasteiger partial charge on any atom is -0.491 e. The fraction of sp³-hybridized carbons (Fsp3) is 0.353. The lowest BCUT2D eigenvalue weighted by molar-refractivity contribution is -0.133. The summed E-state index contributed by atoms with van der Waals surface area (Å²) in [4.78, 5) is 45.9. The Kier molecular flexibility index (Phi) is 8.78. The fourth-order valence-electron chi connectivity index (χ4n) is 6.10. The Morgan fingerprint density at radius 3 is 2.56 bits per heavy atom. The molecule has 1 N–H and O–H groups in total. The molecular formula is C34H37N5O4. The Morgan fingerprint density at radius 1 is 1.07 bits per heavy atom. The quantitative estimate of drug-likeness (QED) is 0.359. The Bertz CT molecular complexity index is 1530. The van der Waals surface area contributed by atoms with E-state index in [1.807, 2.05) is 38.1 Å². The standard InChI is InChI=1S/C34H37N5O4/c1-24(2)43-30-14-8-10-27(20-30)23-37-17-15-34(21-25(37)3)32(41)38(18-16-36-31(40)28-11-5-4-6-12-28)33(42)39(34)29-13-7-9-26(19-29)22-35/h4-14,19-20,24-25H,15-18,21,23H2,1-3H3,(H,36,40). The van der Waals surface area contributed by atoms with Crippen LogP contribution in [0, 0.1) is 11.3 Å². The molecule has 43 heavy (non-hydrogen) atoms. The zero-order valence-electron chi connectivity index (χ0n) is 24.8. The number of likely N-dealkylation sites (tertiary alicyclic amines) is 1. The first-order valence-corrected chi connectivity index (χ1v) is 14.7. The molecule has 2 aliphatic rings. The molecule has 2 atom stereocenters. The molecule has 3 aromatic carbocycles. The topological polar surface area (TPSA) is 106 Å². The molecule has 2 fully saturated rings. The van der Waals surface area contributed by atoms with Gasteiger partial charge in [0, 0.05) is 43.5 Å². The van der Waals surface area contributed by atoms with Gasteiger partial charge in [0.25, 0.3) is 11.8 Å². The molecule has 0 aliphatic carbocycles. The van der Waals surface area contributed by atoms with Gasteiger partial charge in [0.1, 0.15) is 11.3 Å². The smallest absolute Gasteiger partial charge is 0.332 e. The van der Waals surface area contributed by atoms with Crippen LogP contribution < -0.4 is 15.0 Å². The molecule has 0 saturated carbocycles. The summed E-state index contributed by atoms with van der Waals surface area (Å²) in [5.74, 6) is 0.286. The van der Waals surface area contributed by atoms with Crippen LogP contribution >= 0.6 is 0 Å². The molecule has 3 aromatic rings. The average molecular weight is 580 g/mol. The van der Waals surface area contributed by atoms with Crippen molar-refractivity contribution in [1.82, 2.24) is 15.1 Å². The zero-order chi connectivity index (χ0) is 30.6. The fourth-order valence-corrected chi connectivity index (χ4v) is 6.10. The van der Waals surface area contributed by atoms with Crippen molar-refractivity contribution in [2.75, 3.05) is 24.5 Å². The number of piperidine rings is 1. The van der Waals surface area contributed by atoms with Crippen molar-refractivity contribution in [1.29, 1.82) is 5.26 Å². The first-order chi connectivity index (χ1) is 20.7. The van der Waals surface area contributed by atoms with Crippen LogP contribution in [0.4, 0.5) is 10.5 Å². The van der Waals surface area contributed by atoms with Crippen molar-refractivity contribution in [2.45, 2.75) is 57.8 Å². The molecule has 1 spiro atoms. The molecule has 0 bridgehead atoms. The number of amides is 4. The van der Waals surface area contributed by atoms with E-state index in [1.54, 1.807) is 53.4 Å². The van der Waals surface area contributed by atoms with Crippen LogP contribution in [0.2, 0.25) is 0 Å². The Labute approximate surface area is 252 Å². The molecule has 0 radical (unpaired) electrons. The highest BCUT2D eigenvalue weighted by molar-refractivity contribution is 6.17. The molecule has 0 aromatic heterocycles. The van der Waals surface area contributed by atoms with Crippen molar-refractivity contribution >= 4 is 23.5 Å². The van der Waals surface area contributed by atoms with Gasteiger partial charge in [0.2, 0.25) is 0 Å². The van der Waals surface area contributed by atoms with E-state index < -0.39 is 11.6 Å². The minimum absolute atomic E-state index is 0.0143. The minimum atomic E-state index is -1.09. The number of carbonyl (C=O) groups excluding carboxylic acids is 3. The molecule has 9 nitrogen and oxygen atoms in total. The normalized spacial score (nSPS) is 20.5. The maximum absolute atomic E-state index is 14.2. The monoisotopic (exact) mass is 579 g/mol. The maximum Gasteiger partial charge on any atom is 0.332 e. The maximum atomic E-state index is 14.2. The van der Waals surface area contributed by atoms with Gasteiger partial charge in [0.15, 0.2) is 0 Å². The number of nitriles is 1. The van der Waals surface area contributed by atoms with Crippen LogP contribution in [-0.4, -0.2) is 65.0 Å². The third kappa shape index (κ3) is 6.25. The van der Waals surface area contributed by atoms with Crippen molar-refractivity contribution in [3.8, 4) is 11.8 Å². The van der Waals surface area contributed by atoms with Gasteiger partial charge in [-0.25, -0.2) is 4.79 Å². The summed E-state index contributed by atoms with van der Waals surface area (Å²) in [6.07, 6.45) is 0.951. The van der Waals surface area contributed by atoms with Gasteiger partial charge in [0.05, 0.1) is 17.7 Å². The Balaban J connectivity index is 1.36. The summed E-state index contributed by atoms with van der Waals surface area (Å²) in [5.41, 5.74) is 1.47. The molecule has 2 aliphatic heterocycles. The van der Waals surface area contributed by atoms with Crippen LogP contribution in [0.25, 0.3) is 0 Å². The van der Waals surface area contributed by atoms with Gasteiger partial charge < -0.3 is 10.1 Å². The van der Waals surface area contributed by atoms with Crippen molar-refractivity contribution in [3.05, 3.63) is 95.6 Å². The lowest BCUT2D eigenvalue weighted by Gasteiger charge is -2.45. The number of nitrogens with one attached hydrogen (secondary N) is 1. The number of imide groups is 1. The van der Waals surface area contributed by atoms with E-state index in [0.717, 1.165) is 11.3 Å². The van der Waals surface area contributed by atoms with Crippen LogP contribution in [0.5, 0.6) is 5.75 Å². The van der Waals surface area contributed by atoms with E-state index in [-0.39, 0.29) is 37.0 Å². The number of nitrogens with zero attached hydrogens (tertiary/aromatic N) is 4. The van der Waals surface area contributed by atoms with Crippen molar-refractivity contribution in [3.63, 3.8) is 0 Å². The van der Waals surface area contributed by atoms with E-state index in [1.165, 1.54) is 4.90 Å². The number of hydrogen-bond donors (Lipinski definition) is 1. The van der Waals surface area contributed by atoms with E-state index in [2.05, 4.69) is 29.3 Å². The molecule has 222 valence electrons. The van der Waals surface area contributed by atoms with Gasteiger partial charge in [-0.15, -0.1) is 0 Å². The summed E-state index contributed by atoms with van der Waals surface area (Å²) < 4.78 is 5.88. The predicted molar refractivity (Wildman–Crippen MR) is 164 cm³/mol. The van der Waals surface area contributed by atoms with E-state index in [0.29, 0.717) is 42.7 Å². The summed E-state index contributed by atoms with van der Waals surface area (Å²) in [6.45, 7) is 7.54. The highest BCUT2D eigenvalue weighted by Gasteiger charge is 2.59. The first kappa shape index (κ1) is 29.8. The number of rotatable bonds is 9. The molecule has 2 saturated heterocycles. The second kappa shape index (κ2) is 12.7. The number of hydrogen-bond acceptors (Lipinski definition) is 6. The number of anilines is 1. The summed E-state index contributed by atoms with van der Waals surface area (Å²) >= 11 is 0. The Hall–Kier alpha value is -4.68. The second-order valence-corrected chi connectivity index (χ2v) is 11.5. The Morgan fingerprint density at radius 2 is 1.84 bits per heavy atom. The van der Waals surface area contributed by atoms with Crippen LogP contribution in [0.3, 0.4) is 0 Å². The predicted octanol–water partition coefficient (Wildman–Crippen LogP) is 4.97. The van der Waals surface area contributed by atoms with Gasteiger partial charge in [-0.3, -0.25) is 24.3 Å². The van der Waals surface area contributed by atoms with E-state index in [9.17, 15) is 19.6 Å². The first-order valence-electron chi connectivity index (χ1n) is 14.7. The molecule has 5 rings (SSSR count). The largest absolute Gasteiger partial charge is 0.491 e. The highest BCUT2D eigenvalue weighted by Crippen LogP contribution is 2.43. The summed E-state index contributed by atoms with van der Waals surface area (Å²) in [6, 6.07) is 25.4. The third-order valence-electron chi connectivity index (χ3n) is 8.11. The van der Waals surface area contributed by atoms with Crippen LogP contribution in [0.1, 0.15) is 55.1 Å².